The molecule has 0 heterocycles. The van der Waals surface area contributed by atoms with Gasteiger partial charge in [0.1, 0.15) is 0 Å². The van der Waals surface area contributed by atoms with Crippen LogP contribution in [-0.4, -0.2) is 5.33 Å². The fourth-order valence-electron chi connectivity index (χ4n) is 1.56. The zero-order valence-corrected chi connectivity index (χ0v) is 11.6. The smallest absolute Gasteiger partial charge is 0.00720 e. The Morgan fingerprint density at radius 3 is 2.33 bits per heavy atom. The maximum Gasteiger partial charge on any atom is 0.00720 e. The minimum Gasteiger partial charge on any atom is -0.0984 e. The lowest BCUT2D eigenvalue weighted by Gasteiger charge is -2.08. The van der Waals surface area contributed by atoms with Crippen LogP contribution in [0.1, 0.15) is 37.5 Å². The van der Waals surface area contributed by atoms with Crippen LogP contribution in [0.15, 0.2) is 24.8 Å². The van der Waals surface area contributed by atoms with E-state index in [1.807, 2.05) is 19.9 Å². The maximum absolute atomic E-state index is 3.87. The van der Waals surface area contributed by atoms with Crippen molar-refractivity contribution in [3.63, 3.8) is 0 Å². The van der Waals surface area contributed by atoms with Crippen molar-refractivity contribution in [2.75, 3.05) is 5.33 Å². The molecule has 0 saturated carbocycles. The molecule has 15 heavy (non-hydrogen) atoms. The molecule has 0 N–H and O–H groups in total. The van der Waals surface area contributed by atoms with Crippen LogP contribution in [0.2, 0.25) is 0 Å². The molecule has 0 aliphatic carbocycles. The van der Waals surface area contributed by atoms with Gasteiger partial charge in [-0.2, -0.15) is 0 Å². The van der Waals surface area contributed by atoms with Gasteiger partial charge in [-0.15, -0.1) is 0 Å². The summed E-state index contributed by atoms with van der Waals surface area (Å²) < 4.78 is 0. The van der Waals surface area contributed by atoms with E-state index in [4.69, 9.17) is 0 Å². The highest BCUT2D eigenvalue weighted by Crippen LogP contribution is 2.18. The van der Waals surface area contributed by atoms with Gasteiger partial charge in [-0.3, -0.25) is 0 Å². The molecule has 0 fully saturated rings. The molecule has 0 radical (unpaired) electrons. The Bertz CT molecular complexity index is 289. The van der Waals surface area contributed by atoms with E-state index in [0.717, 1.165) is 18.2 Å². The van der Waals surface area contributed by atoms with Crippen molar-refractivity contribution in [1.82, 2.24) is 0 Å². The van der Waals surface area contributed by atoms with Crippen LogP contribution in [0, 0.1) is 0 Å². The van der Waals surface area contributed by atoms with Crippen LogP contribution in [0.3, 0.4) is 0 Å². The van der Waals surface area contributed by atoms with E-state index in [1.54, 1.807) is 0 Å². The van der Waals surface area contributed by atoms with Crippen LogP contribution in [0.5, 0.6) is 0 Å². The summed E-state index contributed by atoms with van der Waals surface area (Å²) in [6.45, 7) is 10.0. The van der Waals surface area contributed by atoms with Gasteiger partial charge in [0, 0.05) is 5.33 Å². The molecule has 0 atom stereocenters. The van der Waals surface area contributed by atoms with Crippen molar-refractivity contribution in [2.24, 2.45) is 0 Å². The first-order valence-corrected chi connectivity index (χ1v) is 6.74. The summed E-state index contributed by atoms with van der Waals surface area (Å²) in [5.74, 6) is 0. The molecule has 0 aromatic heterocycles. The molecule has 0 aliphatic heterocycles. The minimum atomic E-state index is 1.01. The Balaban J connectivity index is 0.000000921. The lowest BCUT2D eigenvalue weighted by molar-refractivity contribution is 1.09. The molecule has 0 spiro atoms. The van der Waals surface area contributed by atoms with Crippen LogP contribution in [0.4, 0.5) is 0 Å². The molecule has 0 bridgehead atoms. The zero-order valence-electron chi connectivity index (χ0n) is 10.0. The molecule has 0 saturated heterocycles. The summed E-state index contributed by atoms with van der Waals surface area (Å²) in [7, 11) is 0. The molecular formula is C14H21Br. The second-order valence-corrected chi connectivity index (χ2v) is 3.78. The lowest BCUT2D eigenvalue weighted by atomic mass is 9.98. The van der Waals surface area contributed by atoms with Crippen LogP contribution in [0.25, 0.3) is 6.08 Å². The summed E-state index contributed by atoms with van der Waals surface area (Å²) in [5.41, 5.74) is 4.11. The van der Waals surface area contributed by atoms with Gasteiger partial charge >= 0.3 is 0 Å². The summed E-state index contributed by atoms with van der Waals surface area (Å²) in [6, 6.07) is 6.48. The van der Waals surface area contributed by atoms with E-state index >= 15 is 0 Å². The number of rotatable bonds is 4. The van der Waals surface area contributed by atoms with E-state index < -0.39 is 0 Å². The third-order valence-corrected chi connectivity index (χ3v) is 2.63. The topological polar surface area (TPSA) is 0 Å². The SMILES string of the molecule is C=Cc1c(CC)cccc1CCBr.CC. The Kier molecular flexibility index (Phi) is 8.40. The number of halogens is 1. The van der Waals surface area contributed by atoms with E-state index in [0.29, 0.717) is 0 Å². The predicted molar refractivity (Wildman–Crippen MR) is 74.8 cm³/mol. The highest BCUT2D eigenvalue weighted by atomic mass is 79.9. The van der Waals surface area contributed by atoms with Crippen LogP contribution < -0.4 is 0 Å². The first-order valence-electron chi connectivity index (χ1n) is 5.62. The van der Waals surface area contributed by atoms with Crippen molar-refractivity contribution in [2.45, 2.75) is 33.6 Å². The molecular weight excluding hydrogens is 248 g/mol. The summed E-state index contributed by atoms with van der Waals surface area (Å²) in [5, 5.41) is 1.01. The average molecular weight is 269 g/mol. The van der Waals surface area contributed by atoms with Crippen LogP contribution >= 0.6 is 15.9 Å². The van der Waals surface area contributed by atoms with E-state index in [-0.39, 0.29) is 0 Å². The van der Waals surface area contributed by atoms with Crippen molar-refractivity contribution in [1.29, 1.82) is 0 Å². The molecule has 1 aromatic carbocycles. The largest absolute Gasteiger partial charge is 0.0984 e. The first-order chi connectivity index (χ1) is 7.33. The van der Waals surface area contributed by atoms with Gasteiger partial charge in [-0.05, 0) is 29.5 Å². The Morgan fingerprint density at radius 1 is 1.27 bits per heavy atom. The normalized spacial score (nSPS) is 9.07. The molecule has 0 nitrogen and oxygen atoms in total. The highest BCUT2D eigenvalue weighted by Gasteiger charge is 2.02. The monoisotopic (exact) mass is 268 g/mol. The zero-order chi connectivity index (χ0) is 11.7. The lowest BCUT2D eigenvalue weighted by Crippen LogP contribution is -1.95. The van der Waals surface area contributed by atoms with Crippen molar-refractivity contribution < 1.29 is 0 Å². The average Bonchev–Trinajstić information content (AvgIpc) is 2.31. The third-order valence-electron chi connectivity index (χ3n) is 2.24. The Labute approximate surface area is 103 Å². The van der Waals surface area contributed by atoms with Gasteiger partial charge in [-0.1, -0.05) is 67.6 Å². The summed E-state index contributed by atoms with van der Waals surface area (Å²) in [4.78, 5) is 0. The molecule has 0 unspecified atom stereocenters. The van der Waals surface area contributed by atoms with Gasteiger partial charge in [0.25, 0.3) is 0 Å². The molecule has 84 valence electrons. The standard InChI is InChI=1S/C12H15Br.C2H6/c1-3-10-6-5-7-11(8-9-13)12(10)4-2;1-2/h4-7H,2-3,8-9H2,1H3;1-2H3. The second kappa shape index (κ2) is 8.72. The fourth-order valence-corrected chi connectivity index (χ4v) is 1.98. The van der Waals surface area contributed by atoms with E-state index in [9.17, 15) is 0 Å². The minimum absolute atomic E-state index is 1.01. The van der Waals surface area contributed by atoms with Gasteiger partial charge in [0.2, 0.25) is 0 Å². The van der Waals surface area contributed by atoms with E-state index in [1.165, 1.54) is 16.7 Å². The fraction of sp³-hybridized carbons (Fsp3) is 0.429. The number of hydrogen-bond acceptors (Lipinski definition) is 0. The van der Waals surface area contributed by atoms with Gasteiger partial charge in [-0.25, -0.2) is 0 Å². The van der Waals surface area contributed by atoms with Gasteiger partial charge in [0.15, 0.2) is 0 Å². The number of aryl methyl sites for hydroxylation is 2. The van der Waals surface area contributed by atoms with Gasteiger partial charge in [0.05, 0.1) is 0 Å². The Hall–Kier alpha value is -0.560. The second-order valence-electron chi connectivity index (χ2n) is 2.99. The number of hydrogen-bond donors (Lipinski definition) is 0. The quantitative estimate of drug-likeness (QED) is 0.685. The Morgan fingerprint density at radius 2 is 1.87 bits per heavy atom. The van der Waals surface area contributed by atoms with Crippen LogP contribution in [-0.2, 0) is 12.8 Å². The van der Waals surface area contributed by atoms with E-state index in [2.05, 4.69) is 47.6 Å². The number of alkyl halides is 1. The van der Waals surface area contributed by atoms with Crippen molar-refractivity contribution in [3.8, 4) is 0 Å². The molecule has 0 amide bonds. The summed E-state index contributed by atoms with van der Waals surface area (Å²) >= 11 is 3.46. The third kappa shape index (κ3) is 4.21. The molecule has 1 aromatic rings. The first kappa shape index (κ1) is 14.4. The van der Waals surface area contributed by atoms with Crippen molar-refractivity contribution in [3.05, 3.63) is 41.5 Å². The van der Waals surface area contributed by atoms with Gasteiger partial charge < -0.3 is 0 Å². The maximum atomic E-state index is 3.87. The van der Waals surface area contributed by atoms with Crippen molar-refractivity contribution >= 4 is 22.0 Å². The highest BCUT2D eigenvalue weighted by molar-refractivity contribution is 9.09. The summed E-state index contributed by atoms with van der Waals surface area (Å²) in [6.07, 6.45) is 4.13. The predicted octanol–water partition coefficient (Wildman–Crippen LogP) is 4.86. The molecule has 0 aliphatic rings. The molecule has 1 heteroatoms. The number of benzene rings is 1. The molecule has 1 rings (SSSR count).